The zero-order chi connectivity index (χ0) is 28.3. The van der Waals surface area contributed by atoms with Crippen molar-refractivity contribution in [3.05, 3.63) is 106 Å². The number of carbonyl (C=O) groups excluding carboxylic acids is 3. The lowest BCUT2D eigenvalue weighted by atomic mass is 10.0. The van der Waals surface area contributed by atoms with Gasteiger partial charge in [0.25, 0.3) is 11.8 Å². The molecule has 0 saturated carbocycles. The largest absolute Gasteiger partial charge is 0.390 e. The van der Waals surface area contributed by atoms with Crippen LogP contribution in [0.5, 0.6) is 0 Å². The lowest BCUT2D eigenvalue weighted by Gasteiger charge is -2.32. The minimum Gasteiger partial charge on any atom is -0.390 e. The van der Waals surface area contributed by atoms with Crippen molar-refractivity contribution in [2.75, 3.05) is 6.54 Å². The van der Waals surface area contributed by atoms with Crippen LogP contribution in [-0.2, 0) is 24.2 Å². The normalized spacial score (nSPS) is 15.2. The molecule has 1 aliphatic heterocycles. The van der Waals surface area contributed by atoms with E-state index in [0.29, 0.717) is 0 Å². The summed E-state index contributed by atoms with van der Waals surface area (Å²) in [4.78, 5) is 42.1. The number of hydrogen-bond acceptors (Lipinski definition) is 5. The van der Waals surface area contributed by atoms with Gasteiger partial charge in [-0.15, -0.1) is 0 Å². The predicted molar refractivity (Wildman–Crippen MR) is 142 cm³/mol. The van der Waals surface area contributed by atoms with Gasteiger partial charge >= 0.3 is 0 Å². The van der Waals surface area contributed by atoms with Gasteiger partial charge in [0.15, 0.2) is 0 Å². The lowest BCUT2D eigenvalue weighted by Crippen LogP contribution is -2.53. The molecule has 3 aromatic rings. The molecule has 0 aromatic heterocycles. The van der Waals surface area contributed by atoms with Gasteiger partial charge in [-0.2, -0.15) is 0 Å². The summed E-state index contributed by atoms with van der Waals surface area (Å²) in [7, 11) is 0. The van der Waals surface area contributed by atoms with Crippen LogP contribution >= 0.6 is 0 Å². The van der Waals surface area contributed by atoms with Gasteiger partial charge in [-0.05, 0) is 60.7 Å². The van der Waals surface area contributed by atoms with Crippen LogP contribution in [-0.4, -0.2) is 57.4 Å². The Balaban J connectivity index is 1.56. The molecule has 0 aliphatic carbocycles. The van der Waals surface area contributed by atoms with Crippen molar-refractivity contribution in [3.63, 3.8) is 0 Å². The topological polar surface area (TPSA) is 104 Å². The van der Waals surface area contributed by atoms with Gasteiger partial charge in [0, 0.05) is 25.2 Å². The van der Waals surface area contributed by atoms with E-state index in [1.807, 2.05) is 31.2 Å². The van der Waals surface area contributed by atoms with Gasteiger partial charge in [0.05, 0.1) is 17.2 Å². The summed E-state index contributed by atoms with van der Waals surface area (Å²) in [5.74, 6) is -3.18. The number of aliphatic hydroxyl groups is 1. The first kappa shape index (κ1) is 28.1. The van der Waals surface area contributed by atoms with Gasteiger partial charge in [0.2, 0.25) is 5.91 Å². The summed E-state index contributed by atoms with van der Waals surface area (Å²) < 4.78 is 27.3. The first-order chi connectivity index (χ1) is 18.6. The Hall–Kier alpha value is -3.95. The van der Waals surface area contributed by atoms with Crippen LogP contribution in [0.25, 0.3) is 0 Å². The van der Waals surface area contributed by atoms with E-state index < -0.39 is 47.5 Å². The molecule has 1 aliphatic rings. The zero-order valence-corrected chi connectivity index (χ0v) is 21.8. The van der Waals surface area contributed by atoms with Gasteiger partial charge in [-0.25, -0.2) is 8.78 Å². The molecule has 0 radical (unpaired) electrons. The van der Waals surface area contributed by atoms with E-state index in [2.05, 4.69) is 0 Å². The quantitative estimate of drug-likeness (QED) is 0.387. The second-order valence-corrected chi connectivity index (χ2v) is 9.81. The molecule has 39 heavy (non-hydrogen) atoms. The van der Waals surface area contributed by atoms with Crippen LogP contribution in [0.15, 0.2) is 66.7 Å². The Morgan fingerprint density at radius 3 is 2.10 bits per heavy atom. The number of aryl methyl sites for hydroxylation is 1. The minimum absolute atomic E-state index is 0.0306. The minimum atomic E-state index is -1.26. The van der Waals surface area contributed by atoms with Crippen molar-refractivity contribution in [1.29, 1.82) is 0 Å². The van der Waals surface area contributed by atoms with E-state index >= 15 is 0 Å². The van der Waals surface area contributed by atoms with Gasteiger partial charge in [-0.3, -0.25) is 19.3 Å². The molecule has 0 bridgehead atoms. The SMILES string of the molecule is CCc1cccc(CN(C[C@@H](O)[C@@H](N)Cc2cc(F)cc(F)c2)C(=O)C(C)N2C(=O)c3ccccc3C2=O)c1. The van der Waals surface area contributed by atoms with E-state index in [-0.39, 0.29) is 36.2 Å². The third kappa shape index (κ3) is 6.21. The Morgan fingerprint density at radius 2 is 1.51 bits per heavy atom. The maximum Gasteiger partial charge on any atom is 0.262 e. The van der Waals surface area contributed by atoms with Crippen molar-refractivity contribution in [3.8, 4) is 0 Å². The van der Waals surface area contributed by atoms with Crippen LogP contribution in [0, 0.1) is 11.6 Å². The molecule has 4 rings (SSSR count). The van der Waals surface area contributed by atoms with E-state index in [9.17, 15) is 28.3 Å². The summed E-state index contributed by atoms with van der Waals surface area (Å²) in [6.07, 6.45) is -0.508. The lowest BCUT2D eigenvalue weighted by molar-refractivity contribution is -0.137. The monoisotopic (exact) mass is 535 g/mol. The molecule has 204 valence electrons. The number of hydrogen-bond donors (Lipinski definition) is 2. The number of aliphatic hydroxyl groups excluding tert-OH is 1. The number of imide groups is 1. The first-order valence-electron chi connectivity index (χ1n) is 12.8. The van der Waals surface area contributed by atoms with Crippen LogP contribution in [0.2, 0.25) is 0 Å². The van der Waals surface area contributed by atoms with E-state index in [4.69, 9.17) is 5.73 Å². The van der Waals surface area contributed by atoms with Crippen LogP contribution in [0.1, 0.15) is 51.3 Å². The number of nitrogens with zero attached hydrogens (tertiary/aromatic N) is 2. The molecule has 3 amide bonds. The molecule has 0 saturated heterocycles. The van der Waals surface area contributed by atoms with Gasteiger partial charge < -0.3 is 15.7 Å². The van der Waals surface area contributed by atoms with Crippen molar-refractivity contribution in [2.45, 2.75) is 51.4 Å². The smallest absolute Gasteiger partial charge is 0.262 e. The molecule has 3 aromatic carbocycles. The molecule has 0 spiro atoms. The number of amides is 3. The number of benzene rings is 3. The first-order valence-corrected chi connectivity index (χ1v) is 12.8. The second-order valence-electron chi connectivity index (χ2n) is 9.81. The number of rotatable bonds is 10. The number of carbonyl (C=O) groups is 3. The number of nitrogens with two attached hydrogens (primary N) is 1. The molecule has 0 fully saturated rings. The van der Waals surface area contributed by atoms with Crippen molar-refractivity contribution in [2.24, 2.45) is 5.73 Å². The number of fused-ring (bicyclic) bond motifs is 1. The van der Waals surface area contributed by atoms with Crippen molar-refractivity contribution >= 4 is 17.7 Å². The molecule has 1 heterocycles. The van der Waals surface area contributed by atoms with Crippen molar-refractivity contribution < 1.29 is 28.3 Å². The molecule has 1 unspecified atom stereocenters. The maximum atomic E-state index is 13.8. The molecule has 7 nitrogen and oxygen atoms in total. The summed E-state index contributed by atoms with van der Waals surface area (Å²) in [6, 6.07) is 14.9. The fourth-order valence-electron chi connectivity index (χ4n) is 4.83. The summed E-state index contributed by atoms with van der Waals surface area (Å²) >= 11 is 0. The van der Waals surface area contributed by atoms with Crippen LogP contribution in [0.3, 0.4) is 0 Å². The van der Waals surface area contributed by atoms with E-state index in [1.54, 1.807) is 24.3 Å². The highest BCUT2D eigenvalue weighted by Gasteiger charge is 2.42. The molecular formula is C30H31F2N3O4. The summed E-state index contributed by atoms with van der Waals surface area (Å²) in [5.41, 5.74) is 8.77. The average molecular weight is 536 g/mol. The fourth-order valence-corrected chi connectivity index (χ4v) is 4.83. The van der Waals surface area contributed by atoms with E-state index in [0.717, 1.165) is 40.6 Å². The highest BCUT2D eigenvalue weighted by atomic mass is 19.1. The fraction of sp³-hybridized carbons (Fsp3) is 0.300. The van der Waals surface area contributed by atoms with Crippen LogP contribution < -0.4 is 5.73 Å². The Labute approximate surface area is 225 Å². The molecule has 9 heteroatoms. The Morgan fingerprint density at radius 1 is 0.923 bits per heavy atom. The number of halogens is 2. The summed E-state index contributed by atoms with van der Waals surface area (Å²) in [6.45, 7) is 3.35. The third-order valence-corrected chi connectivity index (χ3v) is 6.95. The highest BCUT2D eigenvalue weighted by Crippen LogP contribution is 2.26. The predicted octanol–water partition coefficient (Wildman–Crippen LogP) is 3.47. The zero-order valence-electron chi connectivity index (χ0n) is 21.8. The molecule has 3 atom stereocenters. The van der Waals surface area contributed by atoms with Gasteiger partial charge in [0.1, 0.15) is 17.7 Å². The standard InChI is InChI=1S/C30H31F2N3O4/c1-3-19-7-6-8-20(11-19)16-34(17-27(36)26(33)14-21-12-22(31)15-23(32)13-21)28(37)18(2)35-29(38)24-9-4-5-10-25(24)30(35)39/h4-13,15,18,26-27,36H,3,14,16-17,33H2,1-2H3/t18?,26-,27+/m0/s1. The average Bonchev–Trinajstić information content (AvgIpc) is 3.16. The van der Waals surface area contributed by atoms with Crippen LogP contribution in [0.4, 0.5) is 8.78 Å². The Kier molecular flexibility index (Phi) is 8.52. The second kappa shape index (κ2) is 11.8. The molecular weight excluding hydrogens is 504 g/mol. The summed E-state index contributed by atoms with van der Waals surface area (Å²) in [5, 5.41) is 11.0. The molecule has 3 N–H and O–H groups in total. The van der Waals surface area contributed by atoms with E-state index in [1.165, 1.54) is 11.8 Å². The maximum absolute atomic E-state index is 13.8. The van der Waals surface area contributed by atoms with Gasteiger partial charge in [-0.1, -0.05) is 43.3 Å². The third-order valence-electron chi connectivity index (χ3n) is 6.95. The highest BCUT2D eigenvalue weighted by molar-refractivity contribution is 6.22. The van der Waals surface area contributed by atoms with Crippen molar-refractivity contribution in [1.82, 2.24) is 9.80 Å². The Bertz CT molecular complexity index is 1340.